The first kappa shape index (κ1) is 18.7. The standard InChI is InChI=1S/C17H25BrN4O2/c18-14-6-3-5-13(11-14)12-21-16(24)22-17(7-1-2-8-17)15(23)20-10-4-9-19/h3,5-6,11H,1-2,4,7-10,12,19H2,(H,20,23)(H2,21,22,24). The molecule has 1 aromatic rings. The van der Waals surface area contributed by atoms with E-state index in [-0.39, 0.29) is 11.9 Å². The van der Waals surface area contributed by atoms with Crippen LogP contribution in [0.25, 0.3) is 0 Å². The van der Waals surface area contributed by atoms with Gasteiger partial charge in [0.1, 0.15) is 5.54 Å². The van der Waals surface area contributed by atoms with Gasteiger partial charge in [-0.2, -0.15) is 0 Å². The lowest BCUT2D eigenvalue weighted by Crippen LogP contribution is -2.59. The molecule has 0 atom stereocenters. The quantitative estimate of drug-likeness (QED) is 0.530. The van der Waals surface area contributed by atoms with Crippen LogP contribution in [0.1, 0.15) is 37.7 Å². The van der Waals surface area contributed by atoms with Crippen molar-refractivity contribution >= 4 is 27.9 Å². The van der Waals surface area contributed by atoms with Crippen LogP contribution < -0.4 is 21.7 Å². The number of halogens is 1. The SMILES string of the molecule is NCCCNC(=O)C1(NC(=O)NCc2cccc(Br)c2)CCCC1. The Bertz CT molecular complexity index is 573. The number of nitrogens with two attached hydrogens (primary N) is 1. The molecule has 0 unspecified atom stereocenters. The van der Waals surface area contributed by atoms with E-state index in [1.807, 2.05) is 24.3 Å². The summed E-state index contributed by atoms with van der Waals surface area (Å²) < 4.78 is 0.966. The zero-order valence-corrected chi connectivity index (χ0v) is 15.3. The molecule has 1 aliphatic rings. The molecule has 1 saturated carbocycles. The van der Waals surface area contributed by atoms with Crippen LogP contribution in [-0.4, -0.2) is 30.6 Å². The van der Waals surface area contributed by atoms with Gasteiger partial charge in [0.2, 0.25) is 5.91 Å². The minimum atomic E-state index is -0.796. The van der Waals surface area contributed by atoms with E-state index in [0.29, 0.717) is 32.5 Å². The molecular weight excluding hydrogens is 372 g/mol. The zero-order valence-electron chi connectivity index (χ0n) is 13.7. The monoisotopic (exact) mass is 396 g/mol. The van der Waals surface area contributed by atoms with Crippen LogP contribution in [0, 0.1) is 0 Å². The van der Waals surface area contributed by atoms with Crippen molar-refractivity contribution in [2.75, 3.05) is 13.1 Å². The first-order chi connectivity index (χ1) is 11.6. The average Bonchev–Trinajstić information content (AvgIpc) is 3.03. The summed E-state index contributed by atoms with van der Waals surface area (Å²) in [6.07, 6.45) is 3.96. The molecule has 0 bridgehead atoms. The number of urea groups is 1. The van der Waals surface area contributed by atoms with Crippen LogP contribution in [0.5, 0.6) is 0 Å². The number of hydrogen-bond acceptors (Lipinski definition) is 3. The van der Waals surface area contributed by atoms with E-state index >= 15 is 0 Å². The van der Waals surface area contributed by atoms with Crippen molar-refractivity contribution < 1.29 is 9.59 Å². The number of carbonyl (C=O) groups excluding carboxylic acids is 2. The highest BCUT2D eigenvalue weighted by molar-refractivity contribution is 9.10. The smallest absolute Gasteiger partial charge is 0.315 e. The molecule has 132 valence electrons. The van der Waals surface area contributed by atoms with E-state index in [9.17, 15) is 9.59 Å². The Labute approximate surface area is 151 Å². The summed E-state index contributed by atoms with van der Waals surface area (Å²) in [5.74, 6) is -0.106. The third-order valence-corrected chi connectivity index (χ3v) is 4.75. The van der Waals surface area contributed by atoms with E-state index in [1.54, 1.807) is 0 Å². The fraction of sp³-hybridized carbons (Fsp3) is 0.529. The molecule has 3 amide bonds. The van der Waals surface area contributed by atoms with Crippen LogP contribution in [0.4, 0.5) is 4.79 Å². The maximum atomic E-state index is 12.5. The largest absolute Gasteiger partial charge is 0.354 e. The molecule has 7 heteroatoms. The first-order valence-electron chi connectivity index (χ1n) is 8.34. The van der Waals surface area contributed by atoms with Gasteiger partial charge in [0, 0.05) is 17.6 Å². The zero-order chi connectivity index (χ0) is 17.4. The Hall–Kier alpha value is -1.60. The Balaban J connectivity index is 1.89. The minimum absolute atomic E-state index is 0.106. The summed E-state index contributed by atoms with van der Waals surface area (Å²) in [6, 6.07) is 7.43. The third kappa shape index (κ3) is 5.21. The molecule has 1 aromatic carbocycles. The number of amides is 3. The van der Waals surface area contributed by atoms with Crippen LogP contribution in [-0.2, 0) is 11.3 Å². The lowest BCUT2D eigenvalue weighted by Gasteiger charge is -2.29. The van der Waals surface area contributed by atoms with Crippen molar-refractivity contribution in [3.8, 4) is 0 Å². The van der Waals surface area contributed by atoms with Gasteiger partial charge in [0.15, 0.2) is 0 Å². The molecule has 0 saturated heterocycles. The molecule has 0 aliphatic heterocycles. The van der Waals surface area contributed by atoms with Gasteiger partial charge in [0.05, 0.1) is 0 Å². The van der Waals surface area contributed by atoms with Crippen molar-refractivity contribution in [1.82, 2.24) is 16.0 Å². The molecule has 2 rings (SSSR count). The fourth-order valence-corrected chi connectivity index (χ4v) is 3.40. The predicted octanol–water partition coefficient (Wildman–Crippen LogP) is 2.03. The number of nitrogens with one attached hydrogen (secondary N) is 3. The number of carbonyl (C=O) groups is 2. The first-order valence-corrected chi connectivity index (χ1v) is 9.14. The Morgan fingerprint density at radius 2 is 1.96 bits per heavy atom. The molecule has 0 spiro atoms. The summed E-state index contributed by atoms with van der Waals surface area (Å²) in [4.78, 5) is 24.8. The summed E-state index contributed by atoms with van der Waals surface area (Å²) in [5, 5.41) is 8.61. The summed E-state index contributed by atoms with van der Waals surface area (Å²) in [7, 11) is 0. The normalized spacial score (nSPS) is 15.8. The van der Waals surface area contributed by atoms with Crippen molar-refractivity contribution in [3.63, 3.8) is 0 Å². The highest BCUT2D eigenvalue weighted by Gasteiger charge is 2.42. The minimum Gasteiger partial charge on any atom is -0.354 e. The van der Waals surface area contributed by atoms with Gasteiger partial charge in [-0.1, -0.05) is 40.9 Å². The van der Waals surface area contributed by atoms with Crippen molar-refractivity contribution in [2.45, 2.75) is 44.2 Å². The Kier molecular flexibility index (Phi) is 7.05. The second kappa shape index (κ2) is 9.03. The van der Waals surface area contributed by atoms with Gasteiger partial charge in [-0.3, -0.25) is 4.79 Å². The highest BCUT2D eigenvalue weighted by atomic mass is 79.9. The molecule has 0 heterocycles. The number of benzene rings is 1. The van der Waals surface area contributed by atoms with Gasteiger partial charge in [-0.05, 0) is 43.5 Å². The Morgan fingerprint density at radius 1 is 1.21 bits per heavy atom. The van der Waals surface area contributed by atoms with Crippen LogP contribution in [0.3, 0.4) is 0 Å². The summed E-state index contributed by atoms with van der Waals surface area (Å²) in [6.45, 7) is 1.49. The summed E-state index contributed by atoms with van der Waals surface area (Å²) in [5.41, 5.74) is 5.65. The van der Waals surface area contributed by atoms with Gasteiger partial charge in [0.25, 0.3) is 0 Å². The molecule has 1 aliphatic carbocycles. The predicted molar refractivity (Wildman–Crippen MR) is 97.4 cm³/mol. The number of rotatable bonds is 7. The second-order valence-corrected chi connectivity index (χ2v) is 7.04. The third-order valence-electron chi connectivity index (χ3n) is 4.25. The van der Waals surface area contributed by atoms with E-state index in [2.05, 4.69) is 31.9 Å². The lowest BCUT2D eigenvalue weighted by molar-refractivity contribution is -0.127. The number of hydrogen-bond donors (Lipinski definition) is 4. The maximum Gasteiger partial charge on any atom is 0.315 e. The van der Waals surface area contributed by atoms with Crippen LogP contribution in [0.2, 0.25) is 0 Å². The van der Waals surface area contributed by atoms with Crippen molar-refractivity contribution in [1.29, 1.82) is 0 Å². The van der Waals surface area contributed by atoms with Gasteiger partial charge in [-0.25, -0.2) is 4.79 Å². The fourth-order valence-electron chi connectivity index (χ4n) is 2.95. The maximum absolute atomic E-state index is 12.5. The van der Waals surface area contributed by atoms with Crippen molar-refractivity contribution in [3.05, 3.63) is 34.3 Å². The van der Waals surface area contributed by atoms with E-state index in [1.165, 1.54) is 0 Å². The molecule has 24 heavy (non-hydrogen) atoms. The summed E-state index contributed by atoms with van der Waals surface area (Å²) >= 11 is 3.41. The molecule has 0 aromatic heterocycles. The molecule has 0 radical (unpaired) electrons. The molecule has 5 N–H and O–H groups in total. The average molecular weight is 397 g/mol. The Morgan fingerprint density at radius 3 is 2.62 bits per heavy atom. The topological polar surface area (TPSA) is 96.2 Å². The van der Waals surface area contributed by atoms with E-state index < -0.39 is 5.54 Å². The van der Waals surface area contributed by atoms with Crippen molar-refractivity contribution in [2.24, 2.45) is 5.73 Å². The van der Waals surface area contributed by atoms with Crippen LogP contribution in [0.15, 0.2) is 28.7 Å². The van der Waals surface area contributed by atoms with E-state index in [0.717, 1.165) is 29.3 Å². The van der Waals surface area contributed by atoms with Gasteiger partial charge >= 0.3 is 6.03 Å². The molecular formula is C17H25BrN4O2. The van der Waals surface area contributed by atoms with Crippen LogP contribution >= 0.6 is 15.9 Å². The highest BCUT2D eigenvalue weighted by Crippen LogP contribution is 2.29. The lowest BCUT2D eigenvalue weighted by atomic mass is 9.96. The van der Waals surface area contributed by atoms with E-state index in [4.69, 9.17) is 5.73 Å². The molecule has 1 fully saturated rings. The van der Waals surface area contributed by atoms with Gasteiger partial charge < -0.3 is 21.7 Å². The van der Waals surface area contributed by atoms with Gasteiger partial charge in [-0.15, -0.1) is 0 Å². The molecule has 6 nitrogen and oxygen atoms in total. The second-order valence-electron chi connectivity index (χ2n) is 6.12.